The molecule has 1 fully saturated rings. The maximum Gasteiger partial charge on any atom is 0.334 e. The minimum absolute atomic E-state index is 0.295. The predicted molar refractivity (Wildman–Crippen MR) is 103 cm³/mol. The van der Waals surface area contributed by atoms with E-state index in [9.17, 15) is 13.2 Å². The standard InChI is InChI=1S/C20H28O5S/c1-19(2,3)15-11-13(10-14-8-9-24-18(14)21)12-16(20(4,5)6)17(15)25-26(7,22)23/h10-12H,8-9H2,1-7H3. The Morgan fingerprint density at radius 1 is 1.04 bits per heavy atom. The second kappa shape index (κ2) is 6.72. The van der Waals surface area contributed by atoms with Crippen LogP contribution in [0.1, 0.15) is 64.7 Å². The molecule has 26 heavy (non-hydrogen) atoms. The zero-order chi connectivity index (χ0) is 19.9. The predicted octanol–water partition coefficient (Wildman–Crippen LogP) is 3.95. The summed E-state index contributed by atoms with van der Waals surface area (Å²) < 4.78 is 34.2. The van der Waals surface area contributed by atoms with Crippen molar-refractivity contribution in [3.63, 3.8) is 0 Å². The van der Waals surface area contributed by atoms with Crippen LogP contribution in [0.2, 0.25) is 0 Å². The quantitative estimate of drug-likeness (QED) is 0.451. The summed E-state index contributed by atoms with van der Waals surface area (Å²) in [5, 5.41) is 0. The monoisotopic (exact) mass is 380 g/mol. The van der Waals surface area contributed by atoms with Gasteiger partial charge in [-0.25, -0.2) is 4.79 Å². The Morgan fingerprint density at radius 2 is 1.54 bits per heavy atom. The van der Waals surface area contributed by atoms with E-state index in [4.69, 9.17) is 8.92 Å². The number of esters is 1. The molecule has 0 N–H and O–H groups in total. The molecular weight excluding hydrogens is 352 g/mol. The molecule has 6 heteroatoms. The number of carbonyl (C=O) groups is 1. The van der Waals surface area contributed by atoms with Crippen LogP contribution >= 0.6 is 0 Å². The lowest BCUT2D eigenvalue weighted by molar-refractivity contribution is -0.134. The molecule has 2 rings (SSSR count). The van der Waals surface area contributed by atoms with Gasteiger partial charge in [0.25, 0.3) is 0 Å². The summed E-state index contributed by atoms with van der Waals surface area (Å²) in [6.07, 6.45) is 3.45. The van der Waals surface area contributed by atoms with Gasteiger partial charge < -0.3 is 8.92 Å². The van der Waals surface area contributed by atoms with Crippen LogP contribution in [0, 0.1) is 0 Å². The molecule has 5 nitrogen and oxygen atoms in total. The van der Waals surface area contributed by atoms with E-state index in [1.54, 1.807) is 0 Å². The highest BCUT2D eigenvalue weighted by Gasteiger charge is 2.30. The van der Waals surface area contributed by atoms with E-state index in [2.05, 4.69) is 0 Å². The maximum absolute atomic E-state index is 11.9. The minimum Gasteiger partial charge on any atom is -0.462 e. The fourth-order valence-corrected chi connectivity index (χ4v) is 3.35. The fourth-order valence-electron chi connectivity index (χ4n) is 2.87. The van der Waals surface area contributed by atoms with E-state index in [0.717, 1.165) is 22.9 Å². The van der Waals surface area contributed by atoms with Crippen LogP contribution < -0.4 is 4.18 Å². The Morgan fingerprint density at radius 3 is 1.88 bits per heavy atom. The Balaban J connectivity index is 2.77. The molecule has 1 saturated heterocycles. The molecule has 0 aromatic heterocycles. The number of rotatable bonds is 3. The van der Waals surface area contributed by atoms with Gasteiger partial charge in [0, 0.05) is 23.1 Å². The second-order valence-electron chi connectivity index (χ2n) is 8.79. The zero-order valence-corrected chi connectivity index (χ0v) is 17.4. The fraction of sp³-hybridized carbons (Fsp3) is 0.550. The molecule has 1 aromatic rings. The molecule has 0 atom stereocenters. The molecule has 0 unspecified atom stereocenters. The number of carbonyl (C=O) groups excluding carboxylic acids is 1. The average Bonchev–Trinajstić information content (AvgIpc) is 2.81. The van der Waals surface area contributed by atoms with Gasteiger partial charge in [0.2, 0.25) is 0 Å². The first-order valence-electron chi connectivity index (χ1n) is 8.64. The normalized spacial score (nSPS) is 17.5. The first-order valence-corrected chi connectivity index (χ1v) is 10.5. The molecule has 144 valence electrons. The van der Waals surface area contributed by atoms with Crippen molar-refractivity contribution in [2.75, 3.05) is 12.9 Å². The number of hydrogen-bond acceptors (Lipinski definition) is 5. The van der Waals surface area contributed by atoms with Crippen molar-refractivity contribution in [1.29, 1.82) is 0 Å². The van der Waals surface area contributed by atoms with Crippen molar-refractivity contribution in [3.05, 3.63) is 34.4 Å². The van der Waals surface area contributed by atoms with Crippen LogP contribution in [-0.4, -0.2) is 27.2 Å². The summed E-state index contributed by atoms with van der Waals surface area (Å²) in [7, 11) is -3.68. The molecule has 0 spiro atoms. The van der Waals surface area contributed by atoms with Gasteiger partial charge >= 0.3 is 16.1 Å². The summed E-state index contributed by atoms with van der Waals surface area (Å²) in [5.74, 6) is 0.0831. The zero-order valence-electron chi connectivity index (χ0n) is 16.6. The van der Waals surface area contributed by atoms with Gasteiger partial charge in [-0.05, 0) is 34.6 Å². The van der Waals surface area contributed by atoms with Crippen LogP contribution in [-0.2, 0) is 30.5 Å². The molecule has 1 heterocycles. The van der Waals surface area contributed by atoms with Gasteiger partial charge in [-0.1, -0.05) is 41.5 Å². The number of benzene rings is 1. The van der Waals surface area contributed by atoms with Crippen LogP contribution in [0.4, 0.5) is 0 Å². The third-order valence-electron chi connectivity index (χ3n) is 4.17. The van der Waals surface area contributed by atoms with E-state index in [0.29, 0.717) is 24.4 Å². The van der Waals surface area contributed by atoms with Crippen LogP contribution in [0.5, 0.6) is 5.75 Å². The molecule has 1 aromatic carbocycles. The first kappa shape index (κ1) is 20.5. The summed E-state index contributed by atoms with van der Waals surface area (Å²) in [6, 6.07) is 3.79. The van der Waals surface area contributed by atoms with E-state index in [1.807, 2.05) is 59.8 Å². The lowest BCUT2D eigenvalue weighted by Crippen LogP contribution is -2.22. The summed E-state index contributed by atoms with van der Waals surface area (Å²) in [5.41, 5.74) is 2.35. The first-order chi connectivity index (χ1) is 11.7. The maximum atomic E-state index is 11.9. The topological polar surface area (TPSA) is 69.7 Å². The highest BCUT2D eigenvalue weighted by Crippen LogP contribution is 2.41. The van der Waals surface area contributed by atoms with Crippen LogP contribution in [0.3, 0.4) is 0 Å². The van der Waals surface area contributed by atoms with E-state index in [-0.39, 0.29) is 16.8 Å². The summed E-state index contributed by atoms with van der Waals surface area (Å²) in [6.45, 7) is 12.4. The molecule has 0 amide bonds. The van der Waals surface area contributed by atoms with Crippen molar-refractivity contribution in [2.45, 2.75) is 58.8 Å². The van der Waals surface area contributed by atoms with Gasteiger partial charge in [-0.15, -0.1) is 0 Å². The summed E-state index contributed by atoms with van der Waals surface area (Å²) in [4.78, 5) is 11.8. The average molecular weight is 381 g/mol. The third kappa shape index (κ3) is 4.87. The Bertz CT molecular complexity index is 814. The van der Waals surface area contributed by atoms with Crippen molar-refractivity contribution in [1.82, 2.24) is 0 Å². The van der Waals surface area contributed by atoms with Crippen molar-refractivity contribution < 1.29 is 22.1 Å². The number of ether oxygens (including phenoxy) is 1. The van der Waals surface area contributed by atoms with Gasteiger partial charge in [-0.3, -0.25) is 0 Å². The van der Waals surface area contributed by atoms with Crippen molar-refractivity contribution in [3.8, 4) is 5.75 Å². The second-order valence-corrected chi connectivity index (χ2v) is 10.4. The van der Waals surface area contributed by atoms with Crippen LogP contribution in [0.15, 0.2) is 17.7 Å². The lowest BCUT2D eigenvalue weighted by atomic mass is 9.78. The SMILES string of the molecule is CC(C)(C)c1cc(C=C2CCOC2=O)cc(C(C)(C)C)c1OS(C)(=O)=O. The van der Waals surface area contributed by atoms with Gasteiger partial charge in [-0.2, -0.15) is 8.42 Å². The molecule has 0 saturated carbocycles. The molecule has 0 radical (unpaired) electrons. The Kier molecular flexibility index (Phi) is 5.30. The van der Waals surface area contributed by atoms with Crippen molar-refractivity contribution >= 4 is 22.2 Å². The summed E-state index contributed by atoms with van der Waals surface area (Å²) >= 11 is 0. The van der Waals surface area contributed by atoms with Crippen molar-refractivity contribution in [2.24, 2.45) is 0 Å². The Labute approximate surface area is 156 Å². The lowest BCUT2D eigenvalue weighted by Gasteiger charge is -2.29. The number of cyclic esters (lactones) is 1. The van der Waals surface area contributed by atoms with E-state index < -0.39 is 10.1 Å². The smallest absolute Gasteiger partial charge is 0.334 e. The number of hydrogen-bond donors (Lipinski definition) is 0. The van der Waals surface area contributed by atoms with Gasteiger partial charge in [0.1, 0.15) is 5.75 Å². The molecule has 0 aliphatic carbocycles. The highest BCUT2D eigenvalue weighted by molar-refractivity contribution is 7.86. The third-order valence-corrected chi connectivity index (χ3v) is 4.64. The molecule has 1 aliphatic heterocycles. The minimum atomic E-state index is -3.68. The molecule has 1 aliphatic rings. The molecular formula is C20H28O5S. The van der Waals surface area contributed by atoms with Gasteiger partial charge in [0.05, 0.1) is 12.9 Å². The van der Waals surface area contributed by atoms with E-state index >= 15 is 0 Å². The molecule has 0 bridgehead atoms. The van der Waals surface area contributed by atoms with Crippen LogP contribution in [0.25, 0.3) is 6.08 Å². The van der Waals surface area contributed by atoms with Gasteiger partial charge in [0.15, 0.2) is 0 Å². The van der Waals surface area contributed by atoms with E-state index in [1.165, 1.54) is 0 Å². The largest absolute Gasteiger partial charge is 0.462 e. The highest BCUT2D eigenvalue weighted by atomic mass is 32.2. The Hall–Kier alpha value is -1.82.